The van der Waals surface area contributed by atoms with Crippen molar-refractivity contribution in [3.63, 3.8) is 0 Å². The van der Waals surface area contributed by atoms with E-state index in [4.69, 9.17) is 28.6 Å². The number of rotatable bonds is 4. The fourth-order valence-electron chi connectivity index (χ4n) is 2.36. The molecule has 0 unspecified atom stereocenters. The van der Waals surface area contributed by atoms with Crippen LogP contribution in [0.3, 0.4) is 0 Å². The molecule has 0 saturated carbocycles. The summed E-state index contributed by atoms with van der Waals surface area (Å²) >= 11 is 11.1. The summed E-state index contributed by atoms with van der Waals surface area (Å²) < 4.78 is 43.6. The topological polar surface area (TPSA) is 62.8 Å². The molecule has 2 heterocycles. The number of halogens is 4. The summed E-state index contributed by atoms with van der Waals surface area (Å²) in [5.41, 5.74) is 1.22. The van der Waals surface area contributed by atoms with Gasteiger partial charge in [-0.15, -0.1) is 0 Å². The molecular weight excluding hydrogens is 379 g/mol. The summed E-state index contributed by atoms with van der Waals surface area (Å²) in [5.74, 6) is -0.0715. The van der Waals surface area contributed by atoms with E-state index < -0.39 is 12.8 Å². The molecule has 0 aliphatic carbocycles. The molecule has 3 rings (SSSR count). The molecule has 0 atom stereocenters. The first kappa shape index (κ1) is 17.6. The van der Waals surface area contributed by atoms with E-state index >= 15 is 0 Å². The van der Waals surface area contributed by atoms with E-state index in [1.165, 1.54) is 12.1 Å². The monoisotopic (exact) mass is 389 g/mol. The molecule has 3 aromatic rings. The molecule has 0 aliphatic heterocycles. The van der Waals surface area contributed by atoms with Gasteiger partial charge in [-0.3, -0.25) is 9.78 Å². The van der Waals surface area contributed by atoms with Crippen LogP contribution < -0.4 is 10.3 Å². The van der Waals surface area contributed by atoms with Gasteiger partial charge in [-0.2, -0.15) is 13.2 Å². The van der Waals surface area contributed by atoms with Crippen LogP contribution in [0.5, 0.6) is 5.75 Å². The van der Waals surface area contributed by atoms with Crippen molar-refractivity contribution in [3.8, 4) is 5.75 Å². The van der Waals surface area contributed by atoms with Gasteiger partial charge in [0.2, 0.25) is 0 Å². The number of H-pyrrole nitrogens is 2. The Morgan fingerprint density at radius 2 is 2.04 bits per heavy atom. The van der Waals surface area contributed by atoms with Gasteiger partial charge in [0, 0.05) is 6.20 Å². The molecule has 132 valence electrons. The number of aromatic amines is 2. The number of nitrogens with one attached hydrogen (secondary N) is 2. The van der Waals surface area contributed by atoms with Crippen LogP contribution in [0.15, 0.2) is 35.3 Å². The van der Waals surface area contributed by atoms with E-state index in [9.17, 15) is 18.0 Å². The second-order valence-corrected chi connectivity index (χ2v) is 6.05. The number of fused-ring (bicyclic) bond motifs is 1. The second kappa shape index (κ2) is 6.57. The van der Waals surface area contributed by atoms with Crippen LogP contribution in [0.4, 0.5) is 13.2 Å². The molecule has 5 nitrogen and oxygen atoms in total. The van der Waals surface area contributed by atoms with E-state index in [-0.39, 0.29) is 27.6 Å². The molecule has 0 bridgehead atoms. The van der Waals surface area contributed by atoms with Crippen LogP contribution in [0, 0.1) is 4.77 Å². The van der Waals surface area contributed by atoms with Gasteiger partial charge in [-0.05, 0) is 36.0 Å². The van der Waals surface area contributed by atoms with E-state index in [1.54, 1.807) is 22.9 Å². The molecule has 2 aromatic heterocycles. The van der Waals surface area contributed by atoms with Crippen LogP contribution in [0.2, 0.25) is 5.02 Å². The van der Waals surface area contributed by atoms with Crippen molar-refractivity contribution < 1.29 is 17.9 Å². The lowest BCUT2D eigenvalue weighted by atomic mass is 10.2. The molecule has 0 spiro atoms. The van der Waals surface area contributed by atoms with Crippen LogP contribution in [0.1, 0.15) is 5.56 Å². The summed E-state index contributed by atoms with van der Waals surface area (Å²) in [6, 6.07) is 6.21. The summed E-state index contributed by atoms with van der Waals surface area (Å²) in [6.07, 6.45) is -2.86. The third-order valence-corrected chi connectivity index (χ3v) is 4.07. The maximum atomic E-state index is 12.3. The maximum absolute atomic E-state index is 12.3. The zero-order valence-corrected chi connectivity index (χ0v) is 14.1. The van der Waals surface area contributed by atoms with Gasteiger partial charge in [-0.25, -0.2) is 0 Å². The SMILES string of the molecule is O=c1[nH]c(=S)n(Cc2ccc(Cl)c(OCC(F)(F)F)c2)c2cc[nH]c12. The minimum atomic E-state index is -4.46. The highest BCUT2D eigenvalue weighted by atomic mass is 35.5. The molecule has 0 saturated heterocycles. The highest BCUT2D eigenvalue weighted by Gasteiger charge is 2.28. The van der Waals surface area contributed by atoms with Crippen molar-refractivity contribution in [2.45, 2.75) is 12.7 Å². The predicted molar refractivity (Wildman–Crippen MR) is 89.8 cm³/mol. The smallest absolute Gasteiger partial charge is 0.422 e. The van der Waals surface area contributed by atoms with Crippen molar-refractivity contribution in [2.75, 3.05) is 6.61 Å². The highest BCUT2D eigenvalue weighted by Crippen LogP contribution is 2.28. The van der Waals surface area contributed by atoms with Gasteiger partial charge in [0.25, 0.3) is 5.56 Å². The maximum Gasteiger partial charge on any atom is 0.422 e. The van der Waals surface area contributed by atoms with Crippen LogP contribution in [0.25, 0.3) is 11.0 Å². The Bertz CT molecular complexity index is 1040. The average molecular weight is 390 g/mol. The molecule has 25 heavy (non-hydrogen) atoms. The highest BCUT2D eigenvalue weighted by molar-refractivity contribution is 7.71. The Balaban J connectivity index is 1.95. The zero-order valence-electron chi connectivity index (χ0n) is 12.5. The van der Waals surface area contributed by atoms with Crippen LogP contribution in [-0.2, 0) is 6.54 Å². The lowest BCUT2D eigenvalue weighted by molar-refractivity contribution is -0.153. The number of alkyl halides is 3. The number of ether oxygens (including phenoxy) is 1. The number of hydrogen-bond acceptors (Lipinski definition) is 3. The van der Waals surface area contributed by atoms with Crippen molar-refractivity contribution in [1.29, 1.82) is 0 Å². The quantitative estimate of drug-likeness (QED) is 0.662. The third-order valence-electron chi connectivity index (χ3n) is 3.44. The van der Waals surface area contributed by atoms with Gasteiger partial charge in [-0.1, -0.05) is 17.7 Å². The van der Waals surface area contributed by atoms with Gasteiger partial charge in [0.1, 0.15) is 11.3 Å². The molecule has 0 fully saturated rings. The first-order valence-electron chi connectivity index (χ1n) is 7.03. The van der Waals surface area contributed by atoms with Crippen molar-refractivity contribution in [3.05, 3.63) is 56.2 Å². The van der Waals surface area contributed by atoms with Crippen molar-refractivity contribution in [2.24, 2.45) is 0 Å². The molecule has 1 aromatic carbocycles. The Morgan fingerprint density at radius 3 is 2.76 bits per heavy atom. The predicted octanol–water partition coefficient (Wildman–Crippen LogP) is 4.03. The van der Waals surface area contributed by atoms with E-state index in [0.29, 0.717) is 16.6 Å². The van der Waals surface area contributed by atoms with Crippen molar-refractivity contribution >= 4 is 34.9 Å². The average Bonchev–Trinajstić information content (AvgIpc) is 3.01. The van der Waals surface area contributed by atoms with E-state index in [0.717, 1.165) is 0 Å². The first-order chi connectivity index (χ1) is 11.7. The Hall–Kier alpha value is -2.26. The standard InChI is InChI=1S/C15H11ClF3N3O2S/c16-9-2-1-8(5-11(9)24-7-15(17,18)19)6-22-10-3-4-20-12(10)13(23)21-14(22)25/h1-5,20H,6-7H2,(H,21,23,25). The summed E-state index contributed by atoms with van der Waals surface area (Å²) in [5, 5.41) is 0.0739. The lowest BCUT2D eigenvalue weighted by Crippen LogP contribution is -2.19. The molecule has 10 heteroatoms. The Labute approximate surface area is 149 Å². The number of nitrogens with zero attached hydrogens (tertiary/aromatic N) is 1. The van der Waals surface area contributed by atoms with Crippen molar-refractivity contribution in [1.82, 2.24) is 14.5 Å². The minimum absolute atomic E-state index is 0.0715. The molecule has 0 radical (unpaired) electrons. The zero-order chi connectivity index (χ0) is 18.2. The van der Waals surface area contributed by atoms with E-state index in [1.807, 2.05) is 0 Å². The number of benzene rings is 1. The molecule has 0 amide bonds. The molecule has 2 N–H and O–H groups in total. The lowest BCUT2D eigenvalue weighted by Gasteiger charge is -2.13. The van der Waals surface area contributed by atoms with Gasteiger partial charge in [0.15, 0.2) is 11.4 Å². The Morgan fingerprint density at radius 1 is 1.28 bits per heavy atom. The Kier molecular flexibility index (Phi) is 4.61. The molecular formula is C15H11ClF3N3O2S. The second-order valence-electron chi connectivity index (χ2n) is 5.25. The van der Waals surface area contributed by atoms with Gasteiger partial charge < -0.3 is 14.3 Å². The largest absolute Gasteiger partial charge is 0.483 e. The van der Waals surface area contributed by atoms with Gasteiger partial charge >= 0.3 is 6.18 Å². The van der Waals surface area contributed by atoms with Gasteiger partial charge in [0.05, 0.1) is 17.1 Å². The fraction of sp³-hybridized carbons (Fsp3) is 0.200. The number of aromatic nitrogens is 3. The third kappa shape index (κ3) is 3.88. The summed E-state index contributed by atoms with van der Waals surface area (Å²) in [7, 11) is 0. The fourth-order valence-corrected chi connectivity index (χ4v) is 2.79. The first-order valence-corrected chi connectivity index (χ1v) is 7.81. The summed E-state index contributed by atoms with van der Waals surface area (Å²) in [6.45, 7) is -1.21. The summed E-state index contributed by atoms with van der Waals surface area (Å²) in [4.78, 5) is 17.2. The molecule has 0 aliphatic rings. The minimum Gasteiger partial charge on any atom is -0.483 e. The van der Waals surface area contributed by atoms with Crippen LogP contribution >= 0.6 is 23.8 Å². The van der Waals surface area contributed by atoms with Crippen LogP contribution in [-0.4, -0.2) is 27.3 Å². The van der Waals surface area contributed by atoms with E-state index in [2.05, 4.69) is 9.97 Å². The number of hydrogen-bond donors (Lipinski definition) is 2. The normalized spacial score (nSPS) is 11.8.